The van der Waals surface area contributed by atoms with E-state index in [1.807, 2.05) is 54.6 Å². The molecule has 0 radical (unpaired) electrons. The number of hydrogen-bond donors (Lipinski definition) is 3. The van der Waals surface area contributed by atoms with Gasteiger partial charge in [0.2, 0.25) is 0 Å². The molecule has 1 atom stereocenters. The Kier molecular flexibility index (Phi) is 8.74. The Morgan fingerprint density at radius 2 is 1.61 bits per heavy atom. The van der Waals surface area contributed by atoms with Gasteiger partial charge in [0.15, 0.2) is 0 Å². The van der Waals surface area contributed by atoms with Crippen LogP contribution in [0.2, 0.25) is 0 Å². The highest BCUT2D eigenvalue weighted by atomic mass is 16.5. The predicted molar refractivity (Wildman–Crippen MR) is 142 cm³/mol. The molecule has 0 aliphatic carbocycles. The van der Waals surface area contributed by atoms with Crippen molar-refractivity contribution < 1.29 is 29.2 Å². The highest BCUT2D eigenvalue weighted by Crippen LogP contribution is 2.33. The third-order valence-corrected chi connectivity index (χ3v) is 6.31. The lowest BCUT2D eigenvalue weighted by Gasteiger charge is -2.25. The molecule has 0 aliphatic heterocycles. The van der Waals surface area contributed by atoms with Gasteiger partial charge in [0.25, 0.3) is 0 Å². The number of hydrogen-bond acceptors (Lipinski definition) is 6. The van der Waals surface area contributed by atoms with Crippen molar-refractivity contribution in [2.24, 2.45) is 0 Å². The van der Waals surface area contributed by atoms with Crippen molar-refractivity contribution in [2.75, 3.05) is 27.9 Å². The van der Waals surface area contributed by atoms with E-state index in [1.165, 1.54) is 6.92 Å². The molecule has 0 saturated heterocycles. The highest BCUT2D eigenvalue weighted by Gasteiger charge is 2.32. The summed E-state index contributed by atoms with van der Waals surface area (Å²) >= 11 is 0. The van der Waals surface area contributed by atoms with E-state index in [1.54, 1.807) is 21.3 Å². The molecular weight excluding hydrogens is 458 g/mol. The molecule has 190 valence electrons. The summed E-state index contributed by atoms with van der Waals surface area (Å²) < 4.78 is 16.4. The lowest BCUT2D eigenvalue weighted by molar-refractivity contribution is -0.145. The quantitative estimate of drug-likeness (QED) is 0.332. The normalized spacial score (nSPS) is 12.8. The summed E-state index contributed by atoms with van der Waals surface area (Å²) in [5.74, 6) is 0.777. The fraction of sp³-hybridized carbons (Fsp3) is 0.276. The Labute approximate surface area is 212 Å². The minimum absolute atomic E-state index is 0.142. The van der Waals surface area contributed by atoms with E-state index in [9.17, 15) is 15.0 Å². The average molecular weight is 492 g/mol. The summed E-state index contributed by atoms with van der Waals surface area (Å²) in [6.45, 7) is 3.11. The molecule has 3 rings (SSSR count). The van der Waals surface area contributed by atoms with E-state index >= 15 is 0 Å². The second-order valence-electron chi connectivity index (χ2n) is 8.63. The van der Waals surface area contributed by atoms with Crippen molar-refractivity contribution in [3.8, 4) is 28.4 Å². The van der Waals surface area contributed by atoms with Crippen molar-refractivity contribution >= 4 is 18.1 Å². The molecule has 0 aromatic heterocycles. The van der Waals surface area contributed by atoms with Crippen LogP contribution in [-0.2, 0) is 11.3 Å². The fourth-order valence-electron chi connectivity index (χ4n) is 3.86. The van der Waals surface area contributed by atoms with Crippen LogP contribution in [0.15, 0.2) is 54.6 Å². The number of ether oxygens (including phenoxy) is 3. The molecule has 7 heteroatoms. The zero-order valence-electron chi connectivity index (χ0n) is 21.3. The largest absolute Gasteiger partial charge is 0.497 e. The van der Waals surface area contributed by atoms with Crippen LogP contribution in [0.3, 0.4) is 0 Å². The van der Waals surface area contributed by atoms with Crippen LogP contribution in [0.1, 0.15) is 29.2 Å². The number of carboxylic acid groups (broad SMARTS) is 1. The fourth-order valence-corrected chi connectivity index (χ4v) is 3.86. The Morgan fingerprint density at radius 3 is 2.14 bits per heavy atom. The van der Waals surface area contributed by atoms with Gasteiger partial charge in [-0.15, -0.1) is 0 Å². The number of aliphatic carboxylic acids is 1. The lowest BCUT2D eigenvalue weighted by Crippen LogP contribution is -2.52. The van der Waals surface area contributed by atoms with Crippen LogP contribution in [0.5, 0.6) is 17.2 Å². The summed E-state index contributed by atoms with van der Waals surface area (Å²) in [6.07, 6.45) is 4.03. The molecule has 0 heterocycles. The van der Waals surface area contributed by atoms with Crippen LogP contribution in [0.4, 0.5) is 0 Å². The van der Waals surface area contributed by atoms with Crippen LogP contribution in [0, 0.1) is 6.92 Å². The predicted octanol–water partition coefficient (Wildman–Crippen LogP) is 4.78. The van der Waals surface area contributed by atoms with Gasteiger partial charge < -0.3 is 24.4 Å². The van der Waals surface area contributed by atoms with Crippen molar-refractivity contribution in [3.05, 3.63) is 76.9 Å². The minimum Gasteiger partial charge on any atom is -0.497 e. The summed E-state index contributed by atoms with van der Waals surface area (Å²) in [5, 5.41) is 21.8. The number of carboxylic acids is 1. The SMILES string of the molecule is COc1ccc(-c2cccc(C=Cc3cc(OC)c(CNC(C)(CO)C(=O)O)c(OC)c3)c2C)cc1. The van der Waals surface area contributed by atoms with Crippen molar-refractivity contribution in [1.29, 1.82) is 0 Å². The van der Waals surface area contributed by atoms with E-state index in [0.717, 1.165) is 33.6 Å². The van der Waals surface area contributed by atoms with E-state index < -0.39 is 18.1 Å². The van der Waals surface area contributed by atoms with Gasteiger partial charge in [-0.2, -0.15) is 0 Å². The van der Waals surface area contributed by atoms with E-state index in [2.05, 4.69) is 24.4 Å². The van der Waals surface area contributed by atoms with Crippen molar-refractivity contribution in [1.82, 2.24) is 5.32 Å². The molecule has 0 spiro atoms. The molecule has 3 N–H and O–H groups in total. The van der Waals surface area contributed by atoms with Gasteiger partial charge in [0.05, 0.1) is 27.9 Å². The zero-order valence-corrected chi connectivity index (χ0v) is 21.3. The van der Waals surface area contributed by atoms with Gasteiger partial charge in [0.1, 0.15) is 22.8 Å². The van der Waals surface area contributed by atoms with E-state index in [-0.39, 0.29) is 6.54 Å². The van der Waals surface area contributed by atoms with E-state index in [4.69, 9.17) is 14.2 Å². The van der Waals surface area contributed by atoms with Crippen LogP contribution >= 0.6 is 0 Å². The monoisotopic (exact) mass is 491 g/mol. The summed E-state index contributed by atoms with van der Waals surface area (Å²) in [5.41, 5.74) is 4.52. The Morgan fingerprint density at radius 1 is 0.972 bits per heavy atom. The van der Waals surface area contributed by atoms with Crippen LogP contribution < -0.4 is 19.5 Å². The molecule has 0 aliphatic rings. The first-order chi connectivity index (χ1) is 17.3. The summed E-state index contributed by atoms with van der Waals surface area (Å²) in [6, 6.07) is 17.9. The summed E-state index contributed by atoms with van der Waals surface area (Å²) in [7, 11) is 4.76. The van der Waals surface area contributed by atoms with Gasteiger partial charge in [-0.05, 0) is 65.9 Å². The van der Waals surface area contributed by atoms with Crippen LogP contribution in [0.25, 0.3) is 23.3 Å². The molecule has 0 fully saturated rings. The van der Waals surface area contributed by atoms with Gasteiger partial charge >= 0.3 is 5.97 Å². The first-order valence-corrected chi connectivity index (χ1v) is 11.5. The lowest BCUT2D eigenvalue weighted by atomic mass is 9.95. The second kappa shape index (κ2) is 11.7. The third-order valence-electron chi connectivity index (χ3n) is 6.31. The zero-order chi connectivity index (χ0) is 26.3. The molecular formula is C29H33NO6. The Hall–Kier alpha value is -3.81. The van der Waals surface area contributed by atoms with Crippen LogP contribution in [-0.4, -0.2) is 49.7 Å². The number of nitrogens with one attached hydrogen (secondary N) is 1. The van der Waals surface area contributed by atoms with E-state index in [0.29, 0.717) is 17.1 Å². The number of methoxy groups -OCH3 is 3. The number of benzene rings is 3. The second-order valence-corrected chi connectivity index (χ2v) is 8.63. The summed E-state index contributed by atoms with van der Waals surface area (Å²) in [4.78, 5) is 11.5. The molecule has 7 nitrogen and oxygen atoms in total. The molecule has 0 saturated carbocycles. The van der Waals surface area contributed by atoms with Gasteiger partial charge in [-0.3, -0.25) is 10.1 Å². The molecule has 36 heavy (non-hydrogen) atoms. The molecule has 1 unspecified atom stereocenters. The first-order valence-electron chi connectivity index (χ1n) is 11.5. The number of aliphatic hydroxyl groups excluding tert-OH is 1. The maximum atomic E-state index is 11.5. The Bertz CT molecular complexity index is 1210. The van der Waals surface area contributed by atoms with Gasteiger partial charge in [-0.25, -0.2) is 0 Å². The van der Waals surface area contributed by atoms with Gasteiger partial charge in [-0.1, -0.05) is 42.5 Å². The molecule has 0 bridgehead atoms. The smallest absolute Gasteiger partial charge is 0.326 e. The number of carbonyl (C=O) groups is 1. The number of rotatable bonds is 11. The standard InChI is InChI=1S/C29H33NO6/c1-19-21(7-6-8-24(19)22-11-13-23(34-3)14-12-22)10-9-20-15-26(35-4)25(27(16-20)36-5)17-30-29(2,18-31)28(32)33/h6-16,30-31H,17-18H2,1-5H3,(H,32,33). The third kappa shape index (κ3) is 5.87. The highest BCUT2D eigenvalue weighted by molar-refractivity contribution is 5.79. The maximum absolute atomic E-state index is 11.5. The minimum atomic E-state index is -1.49. The van der Waals surface area contributed by atoms with Gasteiger partial charge in [0, 0.05) is 12.1 Å². The maximum Gasteiger partial charge on any atom is 0.326 e. The number of aliphatic hydroxyl groups is 1. The van der Waals surface area contributed by atoms with Crippen molar-refractivity contribution in [2.45, 2.75) is 25.9 Å². The Balaban J connectivity index is 1.90. The average Bonchev–Trinajstić information content (AvgIpc) is 2.90. The first kappa shape index (κ1) is 26.8. The molecule has 0 amide bonds. The molecule has 3 aromatic rings. The molecule has 3 aromatic carbocycles. The van der Waals surface area contributed by atoms with Crippen molar-refractivity contribution in [3.63, 3.8) is 0 Å². The topological polar surface area (TPSA) is 97.2 Å².